The number of methoxy groups -OCH3 is 1. The molecule has 0 saturated carbocycles. The molecule has 0 aliphatic rings. The van der Waals surface area contributed by atoms with Crippen LogP contribution in [0.1, 0.15) is 28.4 Å². The predicted octanol–water partition coefficient (Wildman–Crippen LogP) is 1.75. The zero-order valence-corrected chi connectivity index (χ0v) is 18.0. The van der Waals surface area contributed by atoms with Crippen LogP contribution in [0, 0.1) is 0 Å². The molecule has 0 aliphatic carbocycles. The van der Waals surface area contributed by atoms with E-state index in [1.165, 1.54) is 34.8 Å². The Morgan fingerprint density at radius 2 is 2.04 bits per heavy atom. The Hall–Kier alpha value is -2.04. The average molecular weight is 428 g/mol. The Labute approximate surface area is 168 Å². The Balaban J connectivity index is 2.66. The summed E-state index contributed by atoms with van der Waals surface area (Å²) in [7, 11) is -1.97. The smallest absolute Gasteiger partial charge is 0.277 e. The topological polar surface area (TPSA) is 110 Å². The van der Waals surface area contributed by atoms with Gasteiger partial charge in [-0.2, -0.15) is 11.8 Å². The Morgan fingerprint density at radius 1 is 1.32 bits per heavy atom. The normalized spacial score (nSPS) is 11.6. The second-order valence-electron chi connectivity index (χ2n) is 6.16. The van der Waals surface area contributed by atoms with Crippen LogP contribution in [0.3, 0.4) is 0 Å². The highest BCUT2D eigenvalue weighted by Crippen LogP contribution is 2.32. The van der Waals surface area contributed by atoms with E-state index in [-0.39, 0.29) is 10.5 Å². The third kappa shape index (κ3) is 4.68. The van der Waals surface area contributed by atoms with Crippen molar-refractivity contribution in [3.63, 3.8) is 0 Å². The fraction of sp³-hybridized carbons (Fsp3) is 0.444. The van der Waals surface area contributed by atoms with Gasteiger partial charge in [0.25, 0.3) is 5.56 Å². The van der Waals surface area contributed by atoms with E-state index in [0.717, 1.165) is 6.26 Å². The van der Waals surface area contributed by atoms with Gasteiger partial charge in [-0.05, 0) is 30.9 Å². The highest BCUT2D eigenvalue weighted by molar-refractivity contribution is 7.97. The number of hydrogen-bond acceptors (Lipinski definition) is 7. The number of ketones is 1. The van der Waals surface area contributed by atoms with Gasteiger partial charge in [0.15, 0.2) is 9.84 Å². The minimum atomic E-state index is -3.52. The zero-order chi connectivity index (χ0) is 20.9. The number of benzene rings is 1. The van der Waals surface area contributed by atoms with Crippen molar-refractivity contribution in [1.29, 1.82) is 0 Å². The second-order valence-corrected chi connectivity index (χ2v) is 9.01. The number of carbonyl (C=O) groups excluding carboxylic acids is 1. The molecule has 28 heavy (non-hydrogen) atoms. The first kappa shape index (κ1) is 22.3. The van der Waals surface area contributed by atoms with Gasteiger partial charge in [0.05, 0.1) is 17.2 Å². The number of aromatic nitrogens is 2. The van der Waals surface area contributed by atoms with Crippen LogP contribution in [0.5, 0.6) is 0 Å². The lowest BCUT2D eigenvalue weighted by atomic mass is 9.99. The monoisotopic (exact) mass is 427 g/mol. The van der Waals surface area contributed by atoms with Gasteiger partial charge in [-0.1, -0.05) is 0 Å². The van der Waals surface area contributed by atoms with Crippen molar-refractivity contribution < 1.29 is 17.9 Å². The van der Waals surface area contributed by atoms with Crippen LogP contribution in [0.2, 0.25) is 0 Å². The van der Waals surface area contributed by atoms with Crippen molar-refractivity contribution in [3.8, 4) is 0 Å². The predicted molar refractivity (Wildman–Crippen MR) is 111 cm³/mol. The van der Waals surface area contributed by atoms with Gasteiger partial charge in [0, 0.05) is 44.0 Å². The number of thioether (sulfide) groups is 1. The van der Waals surface area contributed by atoms with Gasteiger partial charge in [-0.3, -0.25) is 14.3 Å². The molecule has 0 bridgehead atoms. The van der Waals surface area contributed by atoms with Crippen LogP contribution in [0.4, 0.5) is 5.69 Å². The molecule has 0 saturated heterocycles. The lowest BCUT2D eigenvalue weighted by Crippen LogP contribution is -2.22. The summed E-state index contributed by atoms with van der Waals surface area (Å²) in [6.07, 6.45) is 4.38. The SMILES string of the molecule is CCn1[nH]cc(C(=O)c2ccc(S(C)(=O)=O)c(NCCOC)c2CSC)c1=O. The van der Waals surface area contributed by atoms with E-state index in [1.807, 2.05) is 6.26 Å². The summed E-state index contributed by atoms with van der Waals surface area (Å²) in [6.45, 7) is 2.97. The second kappa shape index (κ2) is 9.44. The molecule has 0 fully saturated rings. The molecule has 8 nitrogen and oxygen atoms in total. The molecule has 2 N–H and O–H groups in total. The molecule has 2 rings (SSSR count). The lowest BCUT2D eigenvalue weighted by molar-refractivity contribution is 0.103. The minimum absolute atomic E-state index is 0.0270. The van der Waals surface area contributed by atoms with Crippen LogP contribution in [0.25, 0.3) is 0 Å². The molecule has 154 valence electrons. The van der Waals surface area contributed by atoms with Crippen LogP contribution >= 0.6 is 11.8 Å². The van der Waals surface area contributed by atoms with Crippen LogP contribution in [-0.4, -0.2) is 56.8 Å². The molecule has 0 unspecified atom stereocenters. The van der Waals surface area contributed by atoms with E-state index in [2.05, 4.69) is 10.4 Å². The first-order valence-corrected chi connectivity index (χ1v) is 11.9. The third-order valence-corrected chi connectivity index (χ3v) is 5.93. The largest absolute Gasteiger partial charge is 0.383 e. The van der Waals surface area contributed by atoms with E-state index < -0.39 is 21.2 Å². The average Bonchev–Trinajstić information content (AvgIpc) is 3.02. The molecule has 1 aromatic heterocycles. The number of aromatic amines is 1. The number of anilines is 1. The van der Waals surface area contributed by atoms with Crippen molar-refractivity contribution in [2.45, 2.75) is 24.1 Å². The summed E-state index contributed by atoms with van der Waals surface area (Å²) in [5.74, 6) is -0.0288. The number of rotatable bonds is 10. The van der Waals surface area contributed by atoms with Crippen molar-refractivity contribution in [3.05, 3.63) is 45.4 Å². The number of aryl methyl sites for hydroxylation is 1. The molecule has 0 atom stereocenters. The molecule has 2 aromatic rings. The molecular weight excluding hydrogens is 402 g/mol. The quantitative estimate of drug-likeness (QED) is 0.439. The number of carbonyl (C=O) groups is 1. The minimum Gasteiger partial charge on any atom is -0.383 e. The van der Waals surface area contributed by atoms with Gasteiger partial charge in [0.2, 0.25) is 5.78 Å². The van der Waals surface area contributed by atoms with Gasteiger partial charge in [0.1, 0.15) is 5.56 Å². The van der Waals surface area contributed by atoms with E-state index in [9.17, 15) is 18.0 Å². The van der Waals surface area contributed by atoms with Crippen molar-refractivity contribution in [2.75, 3.05) is 38.1 Å². The van der Waals surface area contributed by atoms with E-state index >= 15 is 0 Å². The third-order valence-electron chi connectivity index (χ3n) is 4.22. The summed E-state index contributed by atoms with van der Waals surface area (Å²) in [5.41, 5.74) is 0.870. The van der Waals surface area contributed by atoms with Gasteiger partial charge in [-0.15, -0.1) is 0 Å². The maximum Gasteiger partial charge on any atom is 0.277 e. The van der Waals surface area contributed by atoms with Gasteiger partial charge >= 0.3 is 0 Å². The van der Waals surface area contributed by atoms with Crippen LogP contribution < -0.4 is 10.9 Å². The summed E-state index contributed by atoms with van der Waals surface area (Å²) in [6, 6.07) is 2.89. The van der Waals surface area contributed by atoms with Crippen molar-refractivity contribution in [2.24, 2.45) is 0 Å². The van der Waals surface area contributed by atoms with E-state index in [4.69, 9.17) is 4.74 Å². The number of sulfone groups is 1. The van der Waals surface area contributed by atoms with E-state index in [0.29, 0.717) is 42.3 Å². The van der Waals surface area contributed by atoms with Crippen LogP contribution in [-0.2, 0) is 26.9 Å². The number of H-pyrrole nitrogens is 1. The molecule has 10 heteroatoms. The highest BCUT2D eigenvalue weighted by atomic mass is 32.2. The summed E-state index contributed by atoms with van der Waals surface area (Å²) in [4.78, 5) is 25.6. The van der Waals surface area contributed by atoms with Gasteiger partial charge in [-0.25, -0.2) is 8.42 Å². The Bertz CT molecular complexity index is 1010. The fourth-order valence-corrected chi connectivity index (χ4v) is 4.34. The van der Waals surface area contributed by atoms with Crippen molar-refractivity contribution >= 4 is 33.1 Å². The maximum absolute atomic E-state index is 13.1. The fourth-order valence-electron chi connectivity index (χ4n) is 2.87. The first-order chi connectivity index (χ1) is 13.3. The first-order valence-electron chi connectivity index (χ1n) is 8.66. The molecule has 0 radical (unpaired) electrons. The molecular formula is C18H25N3O5S2. The molecule has 1 aromatic carbocycles. The van der Waals surface area contributed by atoms with E-state index in [1.54, 1.807) is 14.0 Å². The van der Waals surface area contributed by atoms with Crippen molar-refractivity contribution in [1.82, 2.24) is 9.78 Å². The molecule has 0 aliphatic heterocycles. The Morgan fingerprint density at radius 3 is 2.57 bits per heavy atom. The maximum atomic E-state index is 13.1. The summed E-state index contributed by atoms with van der Waals surface area (Å²) < 4.78 is 30.9. The zero-order valence-electron chi connectivity index (χ0n) is 16.4. The standard InChI is InChI=1S/C18H25N3O5S2/c1-5-21-18(23)13(10-20-21)17(22)12-6-7-15(28(4,24)25)16(14(12)11-27-3)19-8-9-26-2/h6-7,10,19-20H,5,8-9,11H2,1-4H3. The summed E-state index contributed by atoms with van der Waals surface area (Å²) >= 11 is 1.46. The number of hydrogen-bond donors (Lipinski definition) is 2. The number of ether oxygens (including phenoxy) is 1. The number of nitrogens with zero attached hydrogens (tertiary/aromatic N) is 1. The molecule has 1 heterocycles. The summed E-state index contributed by atoms with van der Waals surface area (Å²) in [5, 5.41) is 5.86. The Kier molecular flexibility index (Phi) is 7.50. The highest BCUT2D eigenvalue weighted by Gasteiger charge is 2.25. The lowest BCUT2D eigenvalue weighted by Gasteiger charge is -2.18. The van der Waals surface area contributed by atoms with Gasteiger partial charge < -0.3 is 15.2 Å². The molecule has 0 spiro atoms. The molecule has 0 amide bonds. The number of nitrogens with one attached hydrogen (secondary N) is 2. The van der Waals surface area contributed by atoms with Crippen LogP contribution in [0.15, 0.2) is 28.0 Å².